The summed E-state index contributed by atoms with van der Waals surface area (Å²) >= 11 is 0. The van der Waals surface area contributed by atoms with Gasteiger partial charge in [0.2, 0.25) is 0 Å². The molecule has 0 atom stereocenters. The van der Waals surface area contributed by atoms with Gasteiger partial charge in [0.1, 0.15) is 24.0 Å². The first kappa shape index (κ1) is 19.8. The number of likely N-dealkylation sites (tertiary alicyclic amines) is 1. The summed E-state index contributed by atoms with van der Waals surface area (Å²) in [7, 11) is 0. The first-order valence-corrected chi connectivity index (χ1v) is 10.3. The summed E-state index contributed by atoms with van der Waals surface area (Å²) in [6.07, 6.45) is 5.73. The largest absolute Gasteiger partial charge is 0.491 e. The van der Waals surface area contributed by atoms with Crippen LogP contribution in [0.2, 0.25) is 0 Å². The molecule has 1 aliphatic rings. The molecule has 1 fully saturated rings. The second-order valence-corrected chi connectivity index (χ2v) is 7.58. The van der Waals surface area contributed by atoms with Crippen LogP contribution in [0.4, 0.5) is 0 Å². The van der Waals surface area contributed by atoms with Crippen LogP contribution in [0.5, 0.6) is 5.75 Å². The number of aryl methyl sites for hydroxylation is 1. The summed E-state index contributed by atoms with van der Waals surface area (Å²) in [6, 6.07) is 18.1. The highest BCUT2D eigenvalue weighted by molar-refractivity contribution is 6.04. The summed E-state index contributed by atoms with van der Waals surface area (Å²) < 4.78 is 8.08. The van der Waals surface area contributed by atoms with Gasteiger partial charge in [0.05, 0.1) is 6.54 Å². The fourth-order valence-electron chi connectivity index (χ4n) is 3.94. The number of aromatic nitrogens is 1. The number of fused-ring (bicyclic) bond motifs is 1. The molecule has 5 nitrogen and oxygen atoms in total. The molecule has 0 spiro atoms. The summed E-state index contributed by atoms with van der Waals surface area (Å²) in [5.41, 5.74) is 3.24. The van der Waals surface area contributed by atoms with E-state index in [4.69, 9.17) is 4.74 Å². The van der Waals surface area contributed by atoms with Crippen molar-refractivity contribution in [3.8, 4) is 11.8 Å². The van der Waals surface area contributed by atoms with Crippen LogP contribution in [0.3, 0.4) is 0 Å². The monoisotopic (exact) mass is 399 g/mol. The van der Waals surface area contributed by atoms with Crippen molar-refractivity contribution in [3.05, 3.63) is 71.4 Å². The standard InChI is InChI=1S/C25H25N3O2/c1-19-8-2-5-11-24(19)30-15-14-28-18-21(22-9-3-4-10-23(22)28)16-20(17-26)25(29)27-12-6-7-13-27/h2-5,8-11,16,18H,6-7,12-15H2,1H3/b20-16+. The van der Waals surface area contributed by atoms with Gasteiger partial charge in [-0.3, -0.25) is 4.79 Å². The van der Waals surface area contributed by atoms with E-state index < -0.39 is 0 Å². The minimum absolute atomic E-state index is 0.172. The number of rotatable bonds is 6. The van der Waals surface area contributed by atoms with Gasteiger partial charge in [-0.1, -0.05) is 36.4 Å². The Morgan fingerprint density at radius 2 is 1.87 bits per heavy atom. The van der Waals surface area contributed by atoms with Crippen molar-refractivity contribution in [2.24, 2.45) is 0 Å². The van der Waals surface area contributed by atoms with Crippen LogP contribution in [0.1, 0.15) is 24.0 Å². The normalized spacial score (nSPS) is 14.1. The maximum Gasteiger partial charge on any atom is 0.264 e. The number of hydrogen-bond acceptors (Lipinski definition) is 3. The molecule has 2 heterocycles. The van der Waals surface area contributed by atoms with E-state index >= 15 is 0 Å². The molecule has 1 amide bonds. The van der Waals surface area contributed by atoms with Gasteiger partial charge < -0.3 is 14.2 Å². The van der Waals surface area contributed by atoms with E-state index in [0.29, 0.717) is 13.2 Å². The van der Waals surface area contributed by atoms with E-state index in [0.717, 1.165) is 53.7 Å². The first-order chi connectivity index (χ1) is 14.7. The lowest BCUT2D eigenvalue weighted by Gasteiger charge is -2.13. The number of benzene rings is 2. The zero-order valence-electron chi connectivity index (χ0n) is 17.2. The van der Waals surface area contributed by atoms with Crippen molar-refractivity contribution in [1.82, 2.24) is 9.47 Å². The lowest BCUT2D eigenvalue weighted by molar-refractivity contribution is -0.125. The maximum absolute atomic E-state index is 12.7. The number of nitrogens with zero attached hydrogens (tertiary/aromatic N) is 3. The Morgan fingerprint density at radius 1 is 1.13 bits per heavy atom. The fraction of sp³-hybridized carbons (Fsp3) is 0.280. The van der Waals surface area contributed by atoms with Crippen molar-refractivity contribution in [2.75, 3.05) is 19.7 Å². The van der Waals surface area contributed by atoms with Gasteiger partial charge in [-0.05, 0) is 43.5 Å². The molecule has 0 N–H and O–H groups in total. The molecule has 1 saturated heterocycles. The molecule has 0 bridgehead atoms. The number of carbonyl (C=O) groups is 1. The highest BCUT2D eigenvalue weighted by Crippen LogP contribution is 2.25. The third-order valence-electron chi connectivity index (χ3n) is 5.55. The molecule has 0 radical (unpaired) electrons. The third-order valence-corrected chi connectivity index (χ3v) is 5.55. The smallest absolute Gasteiger partial charge is 0.264 e. The average Bonchev–Trinajstić information content (AvgIpc) is 3.42. The molecule has 4 rings (SSSR count). The Labute approximate surface area is 176 Å². The number of ether oxygens (including phenoxy) is 1. The summed E-state index contributed by atoms with van der Waals surface area (Å²) in [5.74, 6) is 0.715. The van der Waals surface area contributed by atoms with E-state index in [1.54, 1.807) is 11.0 Å². The molecule has 152 valence electrons. The van der Waals surface area contributed by atoms with Crippen LogP contribution >= 0.6 is 0 Å². The van der Waals surface area contributed by atoms with Gasteiger partial charge in [0.15, 0.2) is 0 Å². The number of para-hydroxylation sites is 2. The minimum Gasteiger partial charge on any atom is -0.491 e. The van der Waals surface area contributed by atoms with Gasteiger partial charge in [-0.15, -0.1) is 0 Å². The van der Waals surface area contributed by atoms with E-state index in [-0.39, 0.29) is 11.5 Å². The highest BCUT2D eigenvalue weighted by Gasteiger charge is 2.22. The summed E-state index contributed by atoms with van der Waals surface area (Å²) in [4.78, 5) is 14.5. The van der Waals surface area contributed by atoms with Crippen LogP contribution in [-0.2, 0) is 11.3 Å². The SMILES string of the molecule is Cc1ccccc1OCCn1cc(/C=C(\C#N)C(=O)N2CCCC2)c2ccccc21. The van der Waals surface area contributed by atoms with E-state index in [2.05, 4.69) is 16.7 Å². The maximum atomic E-state index is 12.7. The number of nitriles is 1. The fourth-order valence-corrected chi connectivity index (χ4v) is 3.94. The topological polar surface area (TPSA) is 58.3 Å². The molecule has 30 heavy (non-hydrogen) atoms. The van der Waals surface area contributed by atoms with Gasteiger partial charge >= 0.3 is 0 Å². The molecule has 2 aromatic carbocycles. The van der Waals surface area contributed by atoms with Crippen LogP contribution in [-0.4, -0.2) is 35.1 Å². The zero-order chi connectivity index (χ0) is 20.9. The van der Waals surface area contributed by atoms with Crippen LogP contribution in [0, 0.1) is 18.3 Å². The van der Waals surface area contributed by atoms with Crippen molar-refractivity contribution >= 4 is 22.9 Å². The first-order valence-electron chi connectivity index (χ1n) is 10.3. The van der Waals surface area contributed by atoms with Crippen LogP contribution < -0.4 is 4.74 Å². The van der Waals surface area contributed by atoms with Crippen molar-refractivity contribution in [2.45, 2.75) is 26.3 Å². The van der Waals surface area contributed by atoms with Gasteiger partial charge in [0, 0.05) is 35.8 Å². The van der Waals surface area contributed by atoms with Crippen molar-refractivity contribution < 1.29 is 9.53 Å². The van der Waals surface area contributed by atoms with Crippen LogP contribution in [0.25, 0.3) is 17.0 Å². The van der Waals surface area contributed by atoms with Gasteiger partial charge in [-0.25, -0.2) is 0 Å². The molecular formula is C25H25N3O2. The lowest BCUT2D eigenvalue weighted by atomic mass is 10.1. The molecule has 3 aromatic rings. The predicted molar refractivity (Wildman–Crippen MR) is 118 cm³/mol. The van der Waals surface area contributed by atoms with Crippen molar-refractivity contribution in [3.63, 3.8) is 0 Å². The van der Waals surface area contributed by atoms with Gasteiger partial charge in [-0.2, -0.15) is 5.26 Å². The Balaban J connectivity index is 1.58. The molecular weight excluding hydrogens is 374 g/mol. The third kappa shape index (κ3) is 4.08. The second kappa shape index (κ2) is 8.87. The summed E-state index contributed by atoms with van der Waals surface area (Å²) in [6.45, 7) is 4.70. The second-order valence-electron chi connectivity index (χ2n) is 7.58. The Kier molecular flexibility index (Phi) is 5.85. The Morgan fingerprint density at radius 3 is 2.63 bits per heavy atom. The Bertz CT molecular complexity index is 1130. The van der Waals surface area contributed by atoms with Crippen LogP contribution in [0.15, 0.2) is 60.3 Å². The molecule has 0 unspecified atom stereocenters. The number of amides is 1. The highest BCUT2D eigenvalue weighted by atomic mass is 16.5. The molecule has 1 aliphatic heterocycles. The molecule has 0 aliphatic carbocycles. The number of hydrogen-bond donors (Lipinski definition) is 0. The quantitative estimate of drug-likeness (QED) is 0.451. The minimum atomic E-state index is -0.172. The number of carbonyl (C=O) groups excluding carboxylic acids is 1. The lowest BCUT2D eigenvalue weighted by Crippen LogP contribution is -2.28. The van der Waals surface area contributed by atoms with E-state index in [9.17, 15) is 10.1 Å². The molecule has 5 heteroatoms. The van der Waals surface area contributed by atoms with Crippen molar-refractivity contribution in [1.29, 1.82) is 5.26 Å². The molecule has 1 aromatic heterocycles. The summed E-state index contributed by atoms with van der Waals surface area (Å²) in [5, 5.41) is 10.6. The van der Waals surface area contributed by atoms with Gasteiger partial charge in [0.25, 0.3) is 5.91 Å². The molecule has 0 saturated carbocycles. The Hall–Kier alpha value is -3.52. The predicted octanol–water partition coefficient (Wildman–Crippen LogP) is 4.56. The van der Waals surface area contributed by atoms with E-state index in [1.807, 2.05) is 55.6 Å². The average molecular weight is 399 g/mol. The zero-order valence-corrected chi connectivity index (χ0v) is 17.2. The van der Waals surface area contributed by atoms with E-state index in [1.165, 1.54) is 0 Å².